The summed E-state index contributed by atoms with van der Waals surface area (Å²) in [5, 5.41) is 20.1. The molecule has 0 bridgehead atoms. The predicted octanol–water partition coefficient (Wildman–Crippen LogP) is 2.41. The fraction of sp³-hybridized carbons (Fsp3) is 0.0714. The molecule has 2 N–H and O–H groups in total. The van der Waals surface area contributed by atoms with Crippen LogP contribution in [0.25, 0.3) is 0 Å². The number of nitrogens with zero attached hydrogens (tertiary/aromatic N) is 1. The van der Waals surface area contributed by atoms with Gasteiger partial charge in [0.15, 0.2) is 5.76 Å². The van der Waals surface area contributed by atoms with Crippen LogP contribution in [-0.2, 0) is 0 Å². The Kier molecular flexibility index (Phi) is 3.53. The van der Waals surface area contributed by atoms with Crippen molar-refractivity contribution in [3.63, 3.8) is 0 Å². The molecule has 100 valence electrons. The SMILES string of the molecule is Cc1ccc(C#N)cc1NC(=O)c1ccc(C(=O)O)o1. The molecule has 2 rings (SSSR count). The van der Waals surface area contributed by atoms with Gasteiger partial charge in [0.25, 0.3) is 5.91 Å². The highest BCUT2D eigenvalue weighted by Gasteiger charge is 2.15. The maximum absolute atomic E-state index is 11.9. The van der Waals surface area contributed by atoms with E-state index in [0.717, 1.165) is 5.56 Å². The molecule has 0 saturated carbocycles. The Bertz CT molecular complexity index is 725. The highest BCUT2D eigenvalue weighted by atomic mass is 16.4. The molecule has 2 aromatic rings. The van der Waals surface area contributed by atoms with Crippen molar-refractivity contribution in [3.05, 3.63) is 53.0 Å². The van der Waals surface area contributed by atoms with E-state index in [9.17, 15) is 9.59 Å². The monoisotopic (exact) mass is 270 g/mol. The van der Waals surface area contributed by atoms with E-state index in [-0.39, 0.29) is 11.5 Å². The molecule has 0 saturated heterocycles. The van der Waals surface area contributed by atoms with Crippen LogP contribution in [0.4, 0.5) is 5.69 Å². The van der Waals surface area contributed by atoms with Crippen LogP contribution in [0.5, 0.6) is 0 Å². The van der Waals surface area contributed by atoms with E-state index in [1.807, 2.05) is 6.07 Å². The summed E-state index contributed by atoms with van der Waals surface area (Å²) in [5.41, 5.74) is 1.67. The highest BCUT2D eigenvalue weighted by Crippen LogP contribution is 2.18. The molecular weight excluding hydrogens is 260 g/mol. The molecule has 0 aliphatic rings. The van der Waals surface area contributed by atoms with E-state index in [4.69, 9.17) is 14.8 Å². The summed E-state index contributed by atoms with van der Waals surface area (Å²) in [6.07, 6.45) is 0. The Hall–Kier alpha value is -3.07. The number of nitrogens with one attached hydrogen (secondary N) is 1. The molecule has 20 heavy (non-hydrogen) atoms. The molecule has 6 nitrogen and oxygen atoms in total. The lowest BCUT2D eigenvalue weighted by atomic mass is 10.1. The minimum Gasteiger partial charge on any atom is -0.475 e. The number of carboxylic acid groups (broad SMARTS) is 1. The summed E-state index contributed by atoms with van der Waals surface area (Å²) in [6, 6.07) is 9.34. The van der Waals surface area contributed by atoms with Crippen LogP contribution in [0.3, 0.4) is 0 Å². The van der Waals surface area contributed by atoms with E-state index in [2.05, 4.69) is 5.32 Å². The largest absolute Gasteiger partial charge is 0.475 e. The molecule has 6 heteroatoms. The Morgan fingerprint density at radius 3 is 2.55 bits per heavy atom. The summed E-state index contributed by atoms with van der Waals surface area (Å²) >= 11 is 0. The smallest absolute Gasteiger partial charge is 0.371 e. The van der Waals surface area contributed by atoms with Crippen molar-refractivity contribution >= 4 is 17.6 Å². The number of aryl methyl sites for hydroxylation is 1. The van der Waals surface area contributed by atoms with Crippen LogP contribution in [0, 0.1) is 18.3 Å². The lowest BCUT2D eigenvalue weighted by Crippen LogP contribution is -2.12. The van der Waals surface area contributed by atoms with Gasteiger partial charge in [-0.05, 0) is 36.8 Å². The Labute approximate surface area is 114 Å². The molecule has 0 unspecified atom stereocenters. The molecule has 0 spiro atoms. The summed E-state index contributed by atoms with van der Waals surface area (Å²) < 4.78 is 4.90. The molecule has 0 aliphatic carbocycles. The van der Waals surface area contributed by atoms with Crippen LogP contribution in [-0.4, -0.2) is 17.0 Å². The first-order chi connectivity index (χ1) is 9.51. The first-order valence-electron chi connectivity index (χ1n) is 5.66. The molecule has 1 amide bonds. The maximum atomic E-state index is 11.9. The minimum atomic E-state index is -1.24. The average Bonchev–Trinajstić information content (AvgIpc) is 2.91. The normalized spacial score (nSPS) is 9.80. The third-order valence-corrected chi connectivity index (χ3v) is 2.66. The van der Waals surface area contributed by atoms with Crippen LogP contribution in [0.15, 0.2) is 34.7 Å². The van der Waals surface area contributed by atoms with Gasteiger partial charge in [0, 0.05) is 5.69 Å². The standard InChI is InChI=1S/C14H10N2O4/c1-8-2-3-9(7-15)6-10(8)16-13(17)11-4-5-12(20-11)14(18)19/h2-6H,1H3,(H,16,17)(H,18,19). The van der Waals surface area contributed by atoms with Crippen LogP contribution >= 0.6 is 0 Å². The predicted molar refractivity (Wildman–Crippen MR) is 69.5 cm³/mol. The Balaban J connectivity index is 2.23. The van der Waals surface area contributed by atoms with E-state index < -0.39 is 11.9 Å². The van der Waals surface area contributed by atoms with Gasteiger partial charge >= 0.3 is 5.97 Å². The van der Waals surface area contributed by atoms with Crippen LogP contribution < -0.4 is 5.32 Å². The molecular formula is C14H10N2O4. The van der Waals surface area contributed by atoms with Gasteiger partial charge in [-0.2, -0.15) is 5.26 Å². The number of carbonyl (C=O) groups excluding carboxylic acids is 1. The molecule has 0 atom stereocenters. The van der Waals surface area contributed by atoms with Crippen molar-refractivity contribution in [2.24, 2.45) is 0 Å². The van der Waals surface area contributed by atoms with Gasteiger partial charge < -0.3 is 14.8 Å². The number of anilines is 1. The second kappa shape index (κ2) is 5.28. The zero-order valence-corrected chi connectivity index (χ0v) is 10.5. The summed E-state index contributed by atoms with van der Waals surface area (Å²) in [4.78, 5) is 22.6. The van der Waals surface area contributed by atoms with Crippen LogP contribution in [0.1, 0.15) is 32.2 Å². The average molecular weight is 270 g/mol. The van der Waals surface area contributed by atoms with Crippen LogP contribution in [0.2, 0.25) is 0 Å². The van der Waals surface area contributed by atoms with Crippen molar-refractivity contribution in [1.29, 1.82) is 5.26 Å². The van der Waals surface area contributed by atoms with Gasteiger partial charge in [-0.1, -0.05) is 6.07 Å². The first-order valence-corrected chi connectivity index (χ1v) is 5.66. The topological polar surface area (TPSA) is 103 Å². The fourth-order valence-corrected chi connectivity index (χ4v) is 1.58. The summed E-state index contributed by atoms with van der Waals surface area (Å²) in [6.45, 7) is 1.78. The molecule has 0 aliphatic heterocycles. The van der Waals surface area contributed by atoms with Gasteiger partial charge in [-0.25, -0.2) is 4.79 Å². The Morgan fingerprint density at radius 2 is 1.95 bits per heavy atom. The second-order valence-electron chi connectivity index (χ2n) is 4.06. The number of hydrogen-bond donors (Lipinski definition) is 2. The van der Waals surface area contributed by atoms with Gasteiger partial charge in [0.2, 0.25) is 5.76 Å². The van der Waals surface area contributed by atoms with E-state index in [0.29, 0.717) is 11.3 Å². The fourth-order valence-electron chi connectivity index (χ4n) is 1.58. The number of carbonyl (C=O) groups is 2. The number of aromatic carboxylic acids is 1. The number of hydrogen-bond acceptors (Lipinski definition) is 4. The number of carboxylic acids is 1. The number of furan rings is 1. The zero-order valence-electron chi connectivity index (χ0n) is 10.5. The molecule has 1 heterocycles. The van der Waals surface area contributed by atoms with Crippen molar-refractivity contribution in [1.82, 2.24) is 0 Å². The van der Waals surface area contributed by atoms with E-state index >= 15 is 0 Å². The maximum Gasteiger partial charge on any atom is 0.371 e. The number of amides is 1. The first kappa shape index (κ1) is 13.4. The third kappa shape index (κ3) is 2.67. The summed E-state index contributed by atoms with van der Waals surface area (Å²) in [5.74, 6) is -2.23. The zero-order chi connectivity index (χ0) is 14.7. The number of nitriles is 1. The minimum absolute atomic E-state index is 0.107. The summed E-state index contributed by atoms with van der Waals surface area (Å²) in [7, 11) is 0. The van der Waals surface area contributed by atoms with E-state index in [1.165, 1.54) is 18.2 Å². The molecule has 1 aromatic heterocycles. The quantitative estimate of drug-likeness (QED) is 0.891. The van der Waals surface area contributed by atoms with Gasteiger partial charge in [-0.15, -0.1) is 0 Å². The lowest BCUT2D eigenvalue weighted by molar-refractivity contribution is 0.0660. The van der Waals surface area contributed by atoms with Gasteiger partial charge in [-0.3, -0.25) is 4.79 Å². The van der Waals surface area contributed by atoms with Crippen molar-refractivity contribution < 1.29 is 19.1 Å². The highest BCUT2D eigenvalue weighted by molar-refractivity contribution is 6.03. The molecule has 0 fully saturated rings. The van der Waals surface area contributed by atoms with Crippen molar-refractivity contribution in [2.45, 2.75) is 6.92 Å². The number of rotatable bonds is 3. The lowest BCUT2D eigenvalue weighted by Gasteiger charge is -2.07. The number of benzene rings is 1. The molecule has 1 aromatic carbocycles. The third-order valence-electron chi connectivity index (χ3n) is 2.66. The van der Waals surface area contributed by atoms with Gasteiger partial charge in [0.05, 0.1) is 11.6 Å². The molecule has 0 radical (unpaired) electrons. The van der Waals surface area contributed by atoms with Crippen molar-refractivity contribution in [3.8, 4) is 6.07 Å². The van der Waals surface area contributed by atoms with Gasteiger partial charge in [0.1, 0.15) is 0 Å². The van der Waals surface area contributed by atoms with Crippen molar-refractivity contribution in [2.75, 3.05) is 5.32 Å². The Morgan fingerprint density at radius 1 is 1.25 bits per heavy atom. The second-order valence-corrected chi connectivity index (χ2v) is 4.06. The van der Waals surface area contributed by atoms with E-state index in [1.54, 1.807) is 19.1 Å².